The minimum atomic E-state index is -0.0148. The van der Waals surface area contributed by atoms with Crippen LogP contribution in [0.25, 0.3) is 0 Å². The van der Waals surface area contributed by atoms with E-state index in [1.807, 2.05) is 39.8 Å². The number of nitrogens with two attached hydrogens (primary N) is 1. The van der Waals surface area contributed by atoms with Crippen molar-refractivity contribution in [2.45, 2.75) is 33.8 Å². The molecule has 0 atom stereocenters. The monoisotopic (exact) mass is 283 g/mol. The third kappa shape index (κ3) is 3.24. The molecule has 21 heavy (non-hydrogen) atoms. The third-order valence-electron chi connectivity index (χ3n) is 3.49. The minimum Gasteiger partial charge on any atom is -0.491 e. The van der Waals surface area contributed by atoms with Crippen molar-refractivity contribution >= 4 is 11.5 Å². The predicted molar refractivity (Wildman–Crippen MR) is 86.0 cm³/mol. The van der Waals surface area contributed by atoms with Crippen molar-refractivity contribution < 1.29 is 9.53 Å². The molecule has 0 saturated heterocycles. The van der Waals surface area contributed by atoms with Crippen molar-refractivity contribution in [1.82, 2.24) is 0 Å². The second-order valence-corrected chi connectivity index (χ2v) is 5.48. The van der Waals surface area contributed by atoms with Gasteiger partial charge in [0, 0.05) is 16.8 Å². The number of ketones is 1. The summed E-state index contributed by atoms with van der Waals surface area (Å²) in [5, 5.41) is 0. The van der Waals surface area contributed by atoms with E-state index in [2.05, 4.69) is 0 Å². The summed E-state index contributed by atoms with van der Waals surface area (Å²) in [5.74, 6) is 0.811. The van der Waals surface area contributed by atoms with Gasteiger partial charge in [-0.2, -0.15) is 0 Å². The van der Waals surface area contributed by atoms with Gasteiger partial charge in [0.15, 0.2) is 5.78 Å². The fourth-order valence-corrected chi connectivity index (χ4v) is 2.26. The molecule has 0 radical (unpaired) electrons. The Labute approximate surface area is 125 Å². The molecule has 0 aromatic heterocycles. The van der Waals surface area contributed by atoms with E-state index >= 15 is 0 Å². The molecule has 3 nitrogen and oxygen atoms in total. The Bertz CT molecular complexity index is 675. The number of ether oxygens (including phenoxy) is 1. The van der Waals surface area contributed by atoms with Crippen LogP contribution in [0.3, 0.4) is 0 Å². The average Bonchev–Trinajstić information content (AvgIpc) is 2.43. The molecule has 0 aliphatic heterocycles. The lowest BCUT2D eigenvalue weighted by Gasteiger charge is -2.16. The third-order valence-corrected chi connectivity index (χ3v) is 3.49. The van der Waals surface area contributed by atoms with Gasteiger partial charge in [-0.25, -0.2) is 0 Å². The molecule has 2 aromatic rings. The summed E-state index contributed by atoms with van der Waals surface area (Å²) in [4.78, 5) is 12.6. The summed E-state index contributed by atoms with van der Waals surface area (Å²) in [6.45, 7) is 7.90. The maximum absolute atomic E-state index is 12.6. The van der Waals surface area contributed by atoms with Crippen LogP contribution in [0.4, 0.5) is 5.69 Å². The van der Waals surface area contributed by atoms with Crippen molar-refractivity contribution in [2.24, 2.45) is 0 Å². The smallest absolute Gasteiger partial charge is 0.193 e. The van der Waals surface area contributed by atoms with Crippen molar-refractivity contribution in [3.63, 3.8) is 0 Å². The van der Waals surface area contributed by atoms with Crippen LogP contribution in [0.1, 0.15) is 40.9 Å². The predicted octanol–water partition coefficient (Wildman–Crippen LogP) is 3.90. The van der Waals surface area contributed by atoms with E-state index in [4.69, 9.17) is 10.5 Å². The maximum atomic E-state index is 12.6. The van der Waals surface area contributed by atoms with E-state index in [1.54, 1.807) is 24.3 Å². The summed E-state index contributed by atoms with van der Waals surface area (Å²) < 4.78 is 5.75. The van der Waals surface area contributed by atoms with E-state index < -0.39 is 0 Å². The van der Waals surface area contributed by atoms with Gasteiger partial charge in [-0.15, -0.1) is 0 Å². The molecule has 0 spiro atoms. The van der Waals surface area contributed by atoms with Crippen LogP contribution in [0.15, 0.2) is 36.4 Å². The molecular formula is C18H21NO2. The largest absolute Gasteiger partial charge is 0.491 e. The van der Waals surface area contributed by atoms with Gasteiger partial charge in [0.1, 0.15) is 5.75 Å². The van der Waals surface area contributed by atoms with Crippen LogP contribution >= 0.6 is 0 Å². The highest BCUT2D eigenvalue weighted by molar-refractivity contribution is 6.10. The molecular weight excluding hydrogens is 262 g/mol. The molecule has 0 amide bonds. The van der Waals surface area contributed by atoms with Crippen LogP contribution in [-0.2, 0) is 0 Å². The second kappa shape index (κ2) is 6.00. The number of benzene rings is 2. The lowest BCUT2D eigenvalue weighted by atomic mass is 9.95. The van der Waals surface area contributed by atoms with Gasteiger partial charge >= 0.3 is 0 Å². The first kappa shape index (κ1) is 15.1. The Morgan fingerprint density at radius 2 is 1.81 bits per heavy atom. The highest BCUT2D eigenvalue weighted by Gasteiger charge is 2.16. The zero-order chi connectivity index (χ0) is 15.6. The van der Waals surface area contributed by atoms with Gasteiger partial charge in [-0.05, 0) is 63.1 Å². The summed E-state index contributed by atoms with van der Waals surface area (Å²) in [5.41, 5.74) is 9.58. The Morgan fingerprint density at radius 1 is 1.10 bits per heavy atom. The Kier molecular flexibility index (Phi) is 4.32. The van der Waals surface area contributed by atoms with E-state index in [0.717, 1.165) is 16.9 Å². The molecule has 0 heterocycles. The van der Waals surface area contributed by atoms with E-state index in [1.165, 1.54) is 0 Å². The Morgan fingerprint density at radius 3 is 2.43 bits per heavy atom. The van der Waals surface area contributed by atoms with Crippen molar-refractivity contribution in [3.8, 4) is 5.75 Å². The highest BCUT2D eigenvalue weighted by Crippen LogP contribution is 2.27. The van der Waals surface area contributed by atoms with Crippen molar-refractivity contribution in [1.29, 1.82) is 0 Å². The number of hydrogen-bond acceptors (Lipinski definition) is 3. The number of hydrogen-bond donors (Lipinski definition) is 1. The van der Waals surface area contributed by atoms with Crippen LogP contribution in [-0.4, -0.2) is 11.9 Å². The molecule has 0 bridgehead atoms. The topological polar surface area (TPSA) is 52.3 Å². The standard InChI is InChI=1S/C18H21NO2/c1-11(2)21-17-9-8-16(12(3)13(17)4)18(20)14-6-5-7-15(19)10-14/h5-11H,19H2,1-4H3. The summed E-state index contributed by atoms with van der Waals surface area (Å²) >= 11 is 0. The normalized spacial score (nSPS) is 10.7. The quantitative estimate of drug-likeness (QED) is 0.684. The SMILES string of the molecule is Cc1c(OC(C)C)ccc(C(=O)c2cccc(N)c2)c1C. The van der Waals surface area contributed by atoms with Gasteiger partial charge in [-0.1, -0.05) is 12.1 Å². The van der Waals surface area contributed by atoms with Gasteiger partial charge in [0.25, 0.3) is 0 Å². The van der Waals surface area contributed by atoms with Crippen LogP contribution < -0.4 is 10.5 Å². The summed E-state index contributed by atoms with van der Waals surface area (Å²) in [6, 6.07) is 10.7. The van der Waals surface area contributed by atoms with Gasteiger partial charge in [0.2, 0.25) is 0 Å². The van der Waals surface area contributed by atoms with Crippen LogP contribution in [0.2, 0.25) is 0 Å². The summed E-state index contributed by atoms with van der Waals surface area (Å²) in [6.07, 6.45) is 0.110. The highest BCUT2D eigenvalue weighted by atomic mass is 16.5. The molecule has 0 aliphatic carbocycles. The van der Waals surface area contributed by atoms with Crippen LogP contribution in [0, 0.1) is 13.8 Å². The second-order valence-electron chi connectivity index (χ2n) is 5.48. The average molecular weight is 283 g/mol. The Hall–Kier alpha value is -2.29. The molecule has 2 N–H and O–H groups in total. The fourth-order valence-electron chi connectivity index (χ4n) is 2.26. The summed E-state index contributed by atoms with van der Waals surface area (Å²) in [7, 11) is 0. The van der Waals surface area contributed by atoms with E-state index in [9.17, 15) is 4.79 Å². The number of anilines is 1. The fraction of sp³-hybridized carbons (Fsp3) is 0.278. The first-order chi connectivity index (χ1) is 9.90. The Balaban J connectivity index is 2.41. The minimum absolute atomic E-state index is 0.0148. The molecule has 0 fully saturated rings. The maximum Gasteiger partial charge on any atom is 0.193 e. The van der Waals surface area contributed by atoms with Gasteiger partial charge < -0.3 is 10.5 Å². The molecule has 110 valence electrons. The first-order valence-corrected chi connectivity index (χ1v) is 7.07. The number of carbonyl (C=O) groups excluding carboxylic acids is 1. The molecule has 0 aliphatic rings. The van der Waals surface area contributed by atoms with Gasteiger partial charge in [-0.3, -0.25) is 4.79 Å². The number of rotatable bonds is 4. The van der Waals surface area contributed by atoms with Gasteiger partial charge in [0.05, 0.1) is 6.10 Å². The lowest BCUT2D eigenvalue weighted by molar-refractivity contribution is 0.103. The number of nitrogen functional groups attached to an aromatic ring is 1. The number of carbonyl (C=O) groups is 1. The molecule has 0 unspecified atom stereocenters. The zero-order valence-corrected chi connectivity index (χ0v) is 12.9. The zero-order valence-electron chi connectivity index (χ0n) is 12.9. The lowest BCUT2D eigenvalue weighted by Crippen LogP contribution is -2.10. The van der Waals surface area contributed by atoms with Crippen LogP contribution in [0.5, 0.6) is 5.75 Å². The molecule has 3 heteroatoms. The molecule has 2 aromatic carbocycles. The molecule has 0 saturated carbocycles. The molecule has 2 rings (SSSR count). The van der Waals surface area contributed by atoms with Crippen molar-refractivity contribution in [2.75, 3.05) is 5.73 Å². The van der Waals surface area contributed by atoms with Crippen molar-refractivity contribution in [3.05, 3.63) is 58.7 Å². The van der Waals surface area contributed by atoms with E-state index in [0.29, 0.717) is 16.8 Å². The van der Waals surface area contributed by atoms with E-state index in [-0.39, 0.29) is 11.9 Å². The first-order valence-electron chi connectivity index (χ1n) is 7.07.